The minimum absolute atomic E-state index is 0.0735. The summed E-state index contributed by atoms with van der Waals surface area (Å²) in [6, 6.07) is 10.1. The summed E-state index contributed by atoms with van der Waals surface area (Å²) < 4.78 is 5.70. The van der Waals surface area contributed by atoms with Crippen LogP contribution in [0.4, 0.5) is 0 Å². The highest BCUT2D eigenvalue weighted by Gasteiger charge is 1.98. The number of aliphatic hydroxyl groups is 1. The molecule has 3 heteroatoms. The van der Waals surface area contributed by atoms with E-state index in [9.17, 15) is 0 Å². The number of hydrogen-bond acceptors (Lipinski definition) is 3. The van der Waals surface area contributed by atoms with Gasteiger partial charge in [0.25, 0.3) is 0 Å². The van der Waals surface area contributed by atoms with Gasteiger partial charge in [-0.15, -0.1) is 0 Å². The summed E-state index contributed by atoms with van der Waals surface area (Å²) >= 11 is 0. The van der Waals surface area contributed by atoms with Gasteiger partial charge in [-0.1, -0.05) is 41.7 Å². The largest absolute Gasteiger partial charge is 0.487 e. The number of nitrogens with zero attached hydrogens (tertiary/aromatic N) is 1. The number of aromatic nitrogens is 1. The van der Waals surface area contributed by atoms with E-state index in [1.54, 1.807) is 12.4 Å². The molecule has 1 heterocycles. The van der Waals surface area contributed by atoms with Crippen LogP contribution in [0.1, 0.15) is 23.1 Å². The molecule has 102 valence electrons. The molecule has 0 aliphatic carbocycles. The molecule has 0 aliphatic rings. The summed E-state index contributed by atoms with van der Waals surface area (Å²) in [5.41, 5.74) is 3.14. The van der Waals surface area contributed by atoms with Crippen molar-refractivity contribution in [3.05, 3.63) is 59.4 Å². The minimum Gasteiger partial charge on any atom is -0.487 e. The van der Waals surface area contributed by atoms with Crippen molar-refractivity contribution < 1.29 is 9.84 Å². The highest BCUT2D eigenvalue weighted by atomic mass is 16.5. The van der Waals surface area contributed by atoms with Gasteiger partial charge in [0, 0.05) is 18.2 Å². The first kappa shape index (κ1) is 14.1. The molecule has 0 aliphatic heterocycles. The van der Waals surface area contributed by atoms with Crippen LogP contribution in [0.15, 0.2) is 42.7 Å². The third-order valence-corrected chi connectivity index (χ3v) is 2.71. The predicted molar refractivity (Wildman–Crippen MR) is 78.3 cm³/mol. The summed E-state index contributed by atoms with van der Waals surface area (Å²) in [6.45, 7) is 2.64. The number of rotatable bonds is 4. The Morgan fingerprint density at radius 2 is 2.00 bits per heavy atom. The standard InChI is InChI=1S/C17H17NO2/c1-14-5-7-15(8-6-14)13-20-17-10-16(11-18-12-17)4-2-3-9-19/h5-8,10-12,19H,3,9,13H2,1H3. The molecule has 1 N–H and O–H groups in total. The Morgan fingerprint density at radius 3 is 2.75 bits per heavy atom. The second-order valence-corrected chi connectivity index (χ2v) is 4.46. The molecular formula is C17H17NO2. The fourth-order valence-corrected chi connectivity index (χ4v) is 1.64. The van der Waals surface area contributed by atoms with Gasteiger partial charge < -0.3 is 9.84 Å². The fraction of sp³-hybridized carbons (Fsp3) is 0.235. The highest BCUT2D eigenvalue weighted by Crippen LogP contribution is 2.13. The van der Waals surface area contributed by atoms with Crippen molar-refractivity contribution in [3.8, 4) is 17.6 Å². The van der Waals surface area contributed by atoms with Crippen molar-refractivity contribution in [2.24, 2.45) is 0 Å². The molecule has 0 bridgehead atoms. The van der Waals surface area contributed by atoms with Gasteiger partial charge in [-0.05, 0) is 18.6 Å². The third-order valence-electron chi connectivity index (χ3n) is 2.71. The zero-order valence-electron chi connectivity index (χ0n) is 11.5. The average molecular weight is 267 g/mol. The summed E-state index contributed by atoms with van der Waals surface area (Å²) in [7, 11) is 0. The number of pyridine rings is 1. The van der Waals surface area contributed by atoms with E-state index >= 15 is 0 Å². The quantitative estimate of drug-likeness (QED) is 0.866. The molecule has 0 amide bonds. The van der Waals surface area contributed by atoms with Crippen LogP contribution in [0.2, 0.25) is 0 Å². The molecule has 0 radical (unpaired) electrons. The van der Waals surface area contributed by atoms with Crippen LogP contribution in [0.25, 0.3) is 0 Å². The van der Waals surface area contributed by atoms with E-state index in [-0.39, 0.29) is 6.61 Å². The Hall–Kier alpha value is -2.31. The second kappa shape index (κ2) is 7.32. The maximum atomic E-state index is 8.69. The molecule has 0 atom stereocenters. The molecular weight excluding hydrogens is 250 g/mol. The van der Waals surface area contributed by atoms with E-state index in [1.165, 1.54) is 5.56 Å². The number of hydrogen-bond donors (Lipinski definition) is 1. The molecule has 0 spiro atoms. The molecule has 0 unspecified atom stereocenters. The van der Waals surface area contributed by atoms with Gasteiger partial charge in [0.1, 0.15) is 12.4 Å². The van der Waals surface area contributed by atoms with Crippen LogP contribution in [-0.4, -0.2) is 16.7 Å². The summed E-state index contributed by atoms with van der Waals surface area (Å²) in [4.78, 5) is 4.10. The Morgan fingerprint density at radius 1 is 1.20 bits per heavy atom. The lowest BCUT2D eigenvalue weighted by Gasteiger charge is -2.06. The SMILES string of the molecule is Cc1ccc(COc2cncc(C#CCCO)c2)cc1. The van der Waals surface area contributed by atoms with Crippen molar-refractivity contribution in [3.63, 3.8) is 0 Å². The Kier molecular flexibility index (Phi) is 5.16. The Balaban J connectivity index is 1.98. The molecule has 20 heavy (non-hydrogen) atoms. The fourth-order valence-electron chi connectivity index (χ4n) is 1.64. The van der Waals surface area contributed by atoms with Crippen molar-refractivity contribution in [1.82, 2.24) is 4.98 Å². The van der Waals surface area contributed by atoms with E-state index in [1.807, 2.05) is 18.2 Å². The molecule has 0 saturated heterocycles. The van der Waals surface area contributed by atoms with Crippen LogP contribution < -0.4 is 4.74 Å². The maximum absolute atomic E-state index is 8.69. The predicted octanol–water partition coefficient (Wildman–Crippen LogP) is 2.70. The van der Waals surface area contributed by atoms with Gasteiger partial charge in [-0.2, -0.15) is 0 Å². The monoisotopic (exact) mass is 267 g/mol. The van der Waals surface area contributed by atoms with Crippen molar-refractivity contribution in [1.29, 1.82) is 0 Å². The van der Waals surface area contributed by atoms with Crippen LogP contribution in [0.5, 0.6) is 5.75 Å². The van der Waals surface area contributed by atoms with Crippen molar-refractivity contribution >= 4 is 0 Å². The molecule has 2 rings (SSSR count). The van der Waals surface area contributed by atoms with Crippen LogP contribution in [0.3, 0.4) is 0 Å². The van der Waals surface area contributed by atoms with Crippen molar-refractivity contribution in [2.75, 3.05) is 6.61 Å². The number of aliphatic hydroxyl groups excluding tert-OH is 1. The van der Waals surface area contributed by atoms with Gasteiger partial charge in [-0.25, -0.2) is 0 Å². The van der Waals surface area contributed by atoms with E-state index in [2.05, 4.69) is 35.9 Å². The first-order chi connectivity index (χ1) is 9.78. The van der Waals surface area contributed by atoms with Crippen LogP contribution >= 0.6 is 0 Å². The molecule has 3 nitrogen and oxygen atoms in total. The number of ether oxygens (including phenoxy) is 1. The lowest BCUT2D eigenvalue weighted by molar-refractivity contribution is 0.305. The van der Waals surface area contributed by atoms with E-state index < -0.39 is 0 Å². The summed E-state index contributed by atoms with van der Waals surface area (Å²) in [6.07, 6.45) is 3.82. The van der Waals surface area contributed by atoms with Gasteiger partial charge in [0.15, 0.2) is 0 Å². The Bertz CT molecular complexity index is 609. The average Bonchev–Trinajstić information content (AvgIpc) is 2.47. The summed E-state index contributed by atoms with van der Waals surface area (Å²) in [5, 5.41) is 8.69. The molecule has 0 fully saturated rings. The first-order valence-corrected chi connectivity index (χ1v) is 6.51. The zero-order chi connectivity index (χ0) is 14.2. The lowest BCUT2D eigenvalue weighted by atomic mass is 10.2. The number of benzene rings is 1. The van der Waals surface area contributed by atoms with Crippen LogP contribution in [0, 0.1) is 18.8 Å². The normalized spacial score (nSPS) is 9.70. The minimum atomic E-state index is 0.0735. The molecule has 1 aromatic heterocycles. The van der Waals surface area contributed by atoms with E-state index in [4.69, 9.17) is 9.84 Å². The third kappa shape index (κ3) is 4.42. The van der Waals surface area contributed by atoms with Crippen molar-refractivity contribution in [2.45, 2.75) is 20.0 Å². The maximum Gasteiger partial charge on any atom is 0.139 e. The smallest absolute Gasteiger partial charge is 0.139 e. The Labute approximate surface area is 119 Å². The zero-order valence-corrected chi connectivity index (χ0v) is 11.5. The topological polar surface area (TPSA) is 42.4 Å². The molecule has 1 aromatic carbocycles. The molecule has 0 saturated carbocycles. The first-order valence-electron chi connectivity index (χ1n) is 6.51. The molecule has 2 aromatic rings. The van der Waals surface area contributed by atoms with E-state index in [0.717, 1.165) is 11.1 Å². The van der Waals surface area contributed by atoms with Gasteiger partial charge in [0.2, 0.25) is 0 Å². The van der Waals surface area contributed by atoms with Gasteiger partial charge in [-0.3, -0.25) is 4.98 Å². The second-order valence-electron chi connectivity index (χ2n) is 4.46. The van der Waals surface area contributed by atoms with Gasteiger partial charge in [0.05, 0.1) is 12.8 Å². The number of aryl methyl sites for hydroxylation is 1. The van der Waals surface area contributed by atoms with Gasteiger partial charge >= 0.3 is 0 Å². The summed E-state index contributed by atoms with van der Waals surface area (Å²) in [5.74, 6) is 6.50. The highest BCUT2D eigenvalue weighted by molar-refractivity contribution is 5.36. The van der Waals surface area contributed by atoms with Crippen LogP contribution in [-0.2, 0) is 6.61 Å². The lowest BCUT2D eigenvalue weighted by Crippen LogP contribution is -1.96. The van der Waals surface area contributed by atoms with E-state index in [0.29, 0.717) is 18.8 Å².